The van der Waals surface area contributed by atoms with Gasteiger partial charge in [-0.25, -0.2) is 8.42 Å². The monoisotopic (exact) mass is 330 g/mol. The van der Waals surface area contributed by atoms with Crippen LogP contribution in [0.5, 0.6) is 0 Å². The highest BCUT2D eigenvalue weighted by molar-refractivity contribution is 7.89. The molecule has 4 nitrogen and oxygen atoms in total. The van der Waals surface area contributed by atoms with E-state index in [1.54, 1.807) is 16.7 Å². The van der Waals surface area contributed by atoms with Crippen LogP contribution in [0.15, 0.2) is 42.7 Å². The molecule has 0 N–H and O–H groups in total. The van der Waals surface area contributed by atoms with E-state index >= 15 is 0 Å². The van der Waals surface area contributed by atoms with Gasteiger partial charge in [-0.15, -0.1) is 0 Å². The number of sulfonamides is 1. The van der Waals surface area contributed by atoms with E-state index in [2.05, 4.69) is 30.1 Å². The molecule has 1 aromatic carbocycles. The van der Waals surface area contributed by atoms with Gasteiger partial charge in [0.15, 0.2) is 0 Å². The topological polar surface area (TPSA) is 50.3 Å². The minimum Gasteiger partial charge on any atom is -0.264 e. The summed E-state index contributed by atoms with van der Waals surface area (Å²) in [7, 11) is -3.28. The van der Waals surface area contributed by atoms with Crippen LogP contribution in [0.2, 0.25) is 0 Å². The van der Waals surface area contributed by atoms with Gasteiger partial charge in [0.05, 0.1) is 11.8 Å². The Bertz CT molecular complexity index is 788. The quantitative estimate of drug-likeness (QED) is 0.865. The second kappa shape index (κ2) is 6.42. The van der Waals surface area contributed by atoms with Gasteiger partial charge in [-0.05, 0) is 42.5 Å². The minimum absolute atomic E-state index is 0.185. The molecule has 2 heterocycles. The van der Waals surface area contributed by atoms with Crippen molar-refractivity contribution in [2.75, 3.05) is 12.3 Å². The molecule has 0 saturated heterocycles. The Labute approximate surface area is 138 Å². The lowest BCUT2D eigenvalue weighted by Gasteiger charge is -2.36. The van der Waals surface area contributed by atoms with Gasteiger partial charge in [0.25, 0.3) is 0 Å². The number of hydrogen-bond acceptors (Lipinski definition) is 3. The molecule has 0 saturated carbocycles. The fourth-order valence-corrected chi connectivity index (χ4v) is 4.97. The summed E-state index contributed by atoms with van der Waals surface area (Å²) in [5.41, 5.74) is 4.45. The van der Waals surface area contributed by atoms with Crippen LogP contribution in [-0.4, -0.2) is 30.0 Å². The zero-order valence-corrected chi connectivity index (χ0v) is 14.4. The summed E-state index contributed by atoms with van der Waals surface area (Å²) >= 11 is 0. The fourth-order valence-electron chi connectivity index (χ4n) is 3.29. The number of aromatic nitrogens is 1. The van der Waals surface area contributed by atoms with Crippen LogP contribution < -0.4 is 0 Å². The number of fused-ring (bicyclic) bond motifs is 1. The molecule has 0 fully saturated rings. The van der Waals surface area contributed by atoms with Crippen molar-refractivity contribution >= 4 is 10.0 Å². The third-order valence-electron chi connectivity index (χ3n) is 4.30. The average molecular weight is 330 g/mol. The Morgan fingerprint density at radius 3 is 2.83 bits per heavy atom. The normalized spacial score (nSPS) is 18.6. The number of benzene rings is 1. The van der Waals surface area contributed by atoms with Crippen LogP contribution in [0.1, 0.15) is 41.6 Å². The minimum atomic E-state index is -3.28. The summed E-state index contributed by atoms with van der Waals surface area (Å²) < 4.78 is 27.2. The van der Waals surface area contributed by atoms with E-state index in [0.717, 1.165) is 17.5 Å². The molecular formula is C18H22N2O2S. The first kappa shape index (κ1) is 16.1. The molecule has 1 aliphatic heterocycles. The summed E-state index contributed by atoms with van der Waals surface area (Å²) in [5.74, 6) is 0.185. The zero-order chi connectivity index (χ0) is 16.4. The molecule has 0 radical (unpaired) electrons. The van der Waals surface area contributed by atoms with Crippen LogP contribution in [0, 0.1) is 6.92 Å². The molecule has 0 spiro atoms. The van der Waals surface area contributed by atoms with Crippen LogP contribution >= 0.6 is 0 Å². The molecule has 23 heavy (non-hydrogen) atoms. The second-order valence-electron chi connectivity index (χ2n) is 6.07. The van der Waals surface area contributed by atoms with Crippen molar-refractivity contribution in [2.24, 2.45) is 0 Å². The summed E-state index contributed by atoms with van der Waals surface area (Å²) in [4.78, 5) is 4.19. The molecule has 5 heteroatoms. The van der Waals surface area contributed by atoms with Crippen molar-refractivity contribution in [3.05, 3.63) is 65.0 Å². The molecule has 1 aromatic heterocycles. The van der Waals surface area contributed by atoms with Gasteiger partial charge in [-0.3, -0.25) is 4.98 Å². The Balaban J connectivity index is 2.13. The lowest BCUT2D eigenvalue weighted by molar-refractivity contribution is 0.343. The van der Waals surface area contributed by atoms with Crippen molar-refractivity contribution in [1.82, 2.24) is 9.29 Å². The van der Waals surface area contributed by atoms with Crippen molar-refractivity contribution in [1.29, 1.82) is 0 Å². The smallest absolute Gasteiger partial charge is 0.214 e. The summed E-state index contributed by atoms with van der Waals surface area (Å²) in [6.45, 7) is 4.50. The summed E-state index contributed by atoms with van der Waals surface area (Å²) in [5, 5.41) is 0. The van der Waals surface area contributed by atoms with E-state index in [1.165, 1.54) is 11.1 Å². The fraction of sp³-hybridized carbons (Fsp3) is 0.389. The lowest BCUT2D eigenvalue weighted by atomic mass is 9.89. The number of nitrogens with zero attached hydrogens (tertiary/aromatic N) is 2. The maximum atomic E-state index is 12.8. The number of rotatable bonds is 4. The van der Waals surface area contributed by atoms with E-state index in [4.69, 9.17) is 0 Å². The Morgan fingerprint density at radius 1 is 1.30 bits per heavy atom. The predicted molar refractivity (Wildman–Crippen MR) is 91.7 cm³/mol. The van der Waals surface area contributed by atoms with Crippen LogP contribution in [0.3, 0.4) is 0 Å². The standard InChI is InChI=1S/C18H22N2O2S/c1-3-11-23(21,22)20-10-8-15-12-14(2)6-7-17(15)18(20)16-5-4-9-19-13-16/h4-7,9,12-13,18H,3,8,10-11H2,1-2H3. The van der Waals surface area contributed by atoms with Crippen molar-refractivity contribution in [2.45, 2.75) is 32.7 Å². The summed E-state index contributed by atoms with van der Waals surface area (Å²) in [6.07, 6.45) is 4.87. The van der Waals surface area contributed by atoms with E-state index in [0.29, 0.717) is 13.0 Å². The first-order chi connectivity index (χ1) is 11.0. The molecule has 1 unspecified atom stereocenters. The van der Waals surface area contributed by atoms with Gasteiger partial charge in [0, 0.05) is 18.9 Å². The maximum absolute atomic E-state index is 12.8. The van der Waals surface area contributed by atoms with E-state index in [9.17, 15) is 8.42 Å². The second-order valence-corrected chi connectivity index (χ2v) is 8.11. The zero-order valence-electron chi connectivity index (χ0n) is 13.6. The van der Waals surface area contributed by atoms with Gasteiger partial charge in [0.1, 0.15) is 0 Å². The molecular weight excluding hydrogens is 308 g/mol. The number of aryl methyl sites for hydroxylation is 1. The summed E-state index contributed by atoms with van der Waals surface area (Å²) in [6, 6.07) is 9.84. The lowest BCUT2D eigenvalue weighted by Crippen LogP contribution is -2.41. The van der Waals surface area contributed by atoms with Crippen molar-refractivity contribution in [3.8, 4) is 0 Å². The predicted octanol–water partition coefficient (Wildman–Crippen LogP) is 3.08. The van der Waals surface area contributed by atoms with Gasteiger partial charge < -0.3 is 0 Å². The molecule has 0 bridgehead atoms. The first-order valence-electron chi connectivity index (χ1n) is 8.02. The van der Waals surface area contributed by atoms with E-state index in [1.807, 2.05) is 19.1 Å². The third-order valence-corrected chi connectivity index (χ3v) is 6.33. The molecule has 0 amide bonds. The van der Waals surface area contributed by atoms with E-state index < -0.39 is 10.0 Å². The van der Waals surface area contributed by atoms with E-state index in [-0.39, 0.29) is 11.8 Å². The van der Waals surface area contributed by atoms with Crippen LogP contribution in [0.25, 0.3) is 0 Å². The van der Waals surface area contributed by atoms with Crippen LogP contribution in [-0.2, 0) is 16.4 Å². The highest BCUT2D eigenvalue weighted by atomic mass is 32.2. The highest BCUT2D eigenvalue weighted by Crippen LogP contribution is 2.37. The maximum Gasteiger partial charge on any atom is 0.214 e. The van der Waals surface area contributed by atoms with Gasteiger partial charge in [-0.2, -0.15) is 4.31 Å². The molecule has 122 valence electrons. The average Bonchev–Trinajstić information content (AvgIpc) is 2.54. The third kappa shape index (κ3) is 3.16. The highest BCUT2D eigenvalue weighted by Gasteiger charge is 2.35. The first-order valence-corrected chi connectivity index (χ1v) is 9.62. The van der Waals surface area contributed by atoms with Crippen molar-refractivity contribution < 1.29 is 8.42 Å². The molecule has 2 aromatic rings. The van der Waals surface area contributed by atoms with Gasteiger partial charge in [0.2, 0.25) is 10.0 Å². The molecule has 1 aliphatic rings. The van der Waals surface area contributed by atoms with Gasteiger partial charge in [-0.1, -0.05) is 36.8 Å². The Kier molecular flexibility index (Phi) is 4.50. The largest absolute Gasteiger partial charge is 0.264 e. The Morgan fingerprint density at radius 2 is 2.13 bits per heavy atom. The van der Waals surface area contributed by atoms with Gasteiger partial charge >= 0.3 is 0 Å². The molecule has 0 aliphatic carbocycles. The van der Waals surface area contributed by atoms with Crippen molar-refractivity contribution in [3.63, 3.8) is 0 Å². The molecule has 1 atom stereocenters. The number of hydrogen-bond donors (Lipinski definition) is 0. The molecule has 3 rings (SSSR count). The van der Waals surface area contributed by atoms with Crippen LogP contribution in [0.4, 0.5) is 0 Å². The number of pyridine rings is 1. The Hall–Kier alpha value is -1.72. The SMILES string of the molecule is CCCS(=O)(=O)N1CCc2cc(C)ccc2C1c1cccnc1.